The van der Waals surface area contributed by atoms with E-state index in [9.17, 15) is 4.79 Å². The van der Waals surface area contributed by atoms with E-state index in [-0.39, 0.29) is 6.61 Å². The van der Waals surface area contributed by atoms with Gasteiger partial charge in [-0.05, 0) is 11.6 Å². The summed E-state index contributed by atoms with van der Waals surface area (Å²) in [4.78, 5) is 11.5. The van der Waals surface area contributed by atoms with Crippen LogP contribution in [0.25, 0.3) is 5.82 Å². The Balaban J connectivity index is 1.81. The number of rotatable bonds is 4. The zero-order chi connectivity index (χ0) is 12.8. The number of amides is 1. The Hall–Kier alpha value is -2.56. The molecule has 0 atom stereocenters. The van der Waals surface area contributed by atoms with Gasteiger partial charge in [0.1, 0.15) is 12.4 Å². The standard InChI is InChI=1S/C13H13N3O2/c1-11(16-9-5-8-14-16)15-13(17)18-10-12-6-3-2-4-7-12/h2-9H,1,10H2,(H,15,17). The maximum Gasteiger partial charge on any atom is 0.413 e. The van der Waals surface area contributed by atoms with Gasteiger partial charge < -0.3 is 4.74 Å². The number of aromatic nitrogens is 2. The molecule has 1 amide bonds. The molecular weight excluding hydrogens is 230 g/mol. The molecule has 2 aromatic rings. The monoisotopic (exact) mass is 243 g/mol. The van der Waals surface area contributed by atoms with Crippen LogP contribution in [-0.2, 0) is 11.3 Å². The third kappa shape index (κ3) is 3.21. The minimum absolute atomic E-state index is 0.221. The Kier molecular flexibility index (Phi) is 3.76. The number of nitrogens with zero attached hydrogens (tertiary/aromatic N) is 2. The molecule has 1 aromatic heterocycles. The lowest BCUT2D eigenvalue weighted by molar-refractivity contribution is 0.144. The van der Waals surface area contributed by atoms with Gasteiger partial charge in [-0.25, -0.2) is 9.48 Å². The minimum atomic E-state index is -0.556. The third-order valence-electron chi connectivity index (χ3n) is 2.24. The second-order valence-electron chi connectivity index (χ2n) is 3.58. The Morgan fingerprint density at radius 1 is 1.33 bits per heavy atom. The number of hydrogen-bond acceptors (Lipinski definition) is 3. The summed E-state index contributed by atoms with van der Waals surface area (Å²) in [5.74, 6) is 0.345. The van der Waals surface area contributed by atoms with Crippen LogP contribution in [0, 0.1) is 0 Å². The molecule has 1 heterocycles. The molecule has 0 bridgehead atoms. The molecule has 0 aliphatic rings. The number of alkyl carbamates (subject to hydrolysis) is 1. The highest BCUT2D eigenvalue weighted by atomic mass is 16.5. The fourth-order valence-corrected chi connectivity index (χ4v) is 1.36. The predicted octanol–water partition coefficient (Wildman–Crippen LogP) is 2.24. The van der Waals surface area contributed by atoms with Crippen LogP contribution in [-0.4, -0.2) is 15.9 Å². The maximum absolute atomic E-state index is 11.5. The van der Waals surface area contributed by atoms with Gasteiger partial charge in [0.05, 0.1) is 0 Å². The van der Waals surface area contributed by atoms with Crippen molar-refractivity contribution in [3.05, 3.63) is 60.9 Å². The van der Waals surface area contributed by atoms with Crippen molar-refractivity contribution in [3.63, 3.8) is 0 Å². The maximum atomic E-state index is 11.5. The number of benzene rings is 1. The summed E-state index contributed by atoms with van der Waals surface area (Å²) in [5, 5.41) is 6.43. The Labute approximate surface area is 105 Å². The molecule has 0 saturated carbocycles. The zero-order valence-electron chi connectivity index (χ0n) is 9.74. The first-order chi connectivity index (χ1) is 8.75. The smallest absolute Gasteiger partial charge is 0.413 e. The van der Waals surface area contributed by atoms with E-state index < -0.39 is 6.09 Å². The molecule has 0 unspecified atom stereocenters. The van der Waals surface area contributed by atoms with Crippen LogP contribution in [0.5, 0.6) is 0 Å². The molecule has 0 radical (unpaired) electrons. The van der Waals surface area contributed by atoms with Crippen molar-refractivity contribution in [2.45, 2.75) is 6.61 Å². The Morgan fingerprint density at radius 3 is 2.78 bits per heavy atom. The molecule has 0 fully saturated rings. The van der Waals surface area contributed by atoms with Crippen molar-refractivity contribution in [3.8, 4) is 0 Å². The molecule has 0 saturated heterocycles. The van der Waals surface area contributed by atoms with E-state index in [1.165, 1.54) is 4.68 Å². The van der Waals surface area contributed by atoms with Gasteiger partial charge in [-0.1, -0.05) is 36.9 Å². The normalized spacial score (nSPS) is 9.78. The van der Waals surface area contributed by atoms with E-state index in [1.807, 2.05) is 30.3 Å². The van der Waals surface area contributed by atoms with E-state index in [2.05, 4.69) is 17.0 Å². The van der Waals surface area contributed by atoms with Gasteiger partial charge in [0.2, 0.25) is 0 Å². The van der Waals surface area contributed by atoms with Crippen LogP contribution in [0.15, 0.2) is 55.4 Å². The molecule has 5 nitrogen and oxygen atoms in total. The minimum Gasteiger partial charge on any atom is -0.444 e. The lowest BCUT2D eigenvalue weighted by Gasteiger charge is -2.09. The van der Waals surface area contributed by atoms with E-state index in [0.29, 0.717) is 5.82 Å². The Bertz CT molecular complexity index is 520. The second kappa shape index (κ2) is 5.67. The molecule has 1 N–H and O–H groups in total. The predicted molar refractivity (Wildman–Crippen MR) is 67.3 cm³/mol. The fourth-order valence-electron chi connectivity index (χ4n) is 1.36. The first-order valence-electron chi connectivity index (χ1n) is 5.42. The fraction of sp³-hybridized carbons (Fsp3) is 0.0769. The van der Waals surface area contributed by atoms with Crippen molar-refractivity contribution in [1.82, 2.24) is 15.1 Å². The van der Waals surface area contributed by atoms with Gasteiger partial charge in [-0.15, -0.1) is 0 Å². The first kappa shape index (κ1) is 11.9. The van der Waals surface area contributed by atoms with Crippen LogP contribution in [0.4, 0.5) is 4.79 Å². The number of ether oxygens (including phenoxy) is 1. The van der Waals surface area contributed by atoms with Gasteiger partial charge in [0, 0.05) is 12.4 Å². The lowest BCUT2D eigenvalue weighted by atomic mass is 10.2. The van der Waals surface area contributed by atoms with Crippen LogP contribution < -0.4 is 5.32 Å². The van der Waals surface area contributed by atoms with Crippen molar-refractivity contribution in [1.29, 1.82) is 0 Å². The quantitative estimate of drug-likeness (QED) is 0.895. The van der Waals surface area contributed by atoms with Gasteiger partial charge in [-0.3, -0.25) is 5.32 Å². The number of nitrogens with one attached hydrogen (secondary N) is 1. The van der Waals surface area contributed by atoms with Crippen molar-refractivity contribution < 1.29 is 9.53 Å². The molecule has 1 aromatic carbocycles. The summed E-state index contributed by atoms with van der Waals surface area (Å²) in [6.45, 7) is 3.90. The SMILES string of the molecule is C=C(NC(=O)OCc1ccccc1)n1cccn1. The van der Waals surface area contributed by atoms with E-state index in [4.69, 9.17) is 4.74 Å². The van der Waals surface area contributed by atoms with Crippen LogP contribution in [0.3, 0.4) is 0 Å². The second-order valence-corrected chi connectivity index (χ2v) is 3.58. The molecule has 0 spiro atoms. The highest BCUT2D eigenvalue weighted by molar-refractivity contribution is 5.75. The highest BCUT2D eigenvalue weighted by Crippen LogP contribution is 2.01. The topological polar surface area (TPSA) is 56.1 Å². The number of hydrogen-bond donors (Lipinski definition) is 1. The van der Waals surface area contributed by atoms with E-state index in [1.54, 1.807) is 18.5 Å². The van der Waals surface area contributed by atoms with Gasteiger partial charge >= 0.3 is 6.09 Å². The highest BCUT2D eigenvalue weighted by Gasteiger charge is 2.05. The van der Waals surface area contributed by atoms with Crippen LogP contribution in [0.1, 0.15) is 5.56 Å². The van der Waals surface area contributed by atoms with Gasteiger partial charge in [-0.2, -0.15) is 5.10 Å². The van der Waals surface area contributed by atoms with Crippen molar-refractivity contribution in [2.75, 3.05) is 0 Å². The van der Waals surface area contributed by atoms with Crippen LogP contribution in [0.2, 0.25) is 0 Å². The summed E-state index contributed by atoms with van der Waals surface area (Å²) in [6.07, 6.45) is 2.72. The zero-order valence-corrected chi connectivity index (χ0v) is 9.74. The molecule has 2 rings (SSSR count). The molecule has 0 aliphatic carbocycles. The van der Waals surface area contributed by atoms with Crippen molar-refractivity contribution in [2.24, 2.45) is 0 Å². The van der Waals surface area contributed by atoms with E-state index >= 15 is 0 Å². The molecule has 0 aliphatic heterocycles. The lowest BCUT2D eigenvalue weighted by Crippen LogP contribution is -2.25. The summed E-state index contributed by atoms with van der Waals surface area (Å²) < 4.78 is 6.49. The average Bonchev–Trinajstić information content (AvgIpc) is 2.91. The summed E-state index contributed by atoms with van der Waals surface area (Å²) in [7, 11) is 0. The number of carbonyl (C=O) groups is 1. The average molecular weight is 243 g/mol. The summed E-state index contributed by atoms with van der Waals surface area (Å²) in [5.41, 5.74) is 0.928. The third-order valence-corrected chi connectivity index (χ3v) is 2.24. The largest absolute Gasteiger partial charge is 0.444 e. The molecular formula is C13H13N3O2. The molecule has 92 valence electrons. The van der Waals surface area contributed by atoms with E-state index in [0.717, 1.165) is 5.56 Å². The van der Waals surface area contributed by atoms with Crippen LogP contribution >= 0.6 is 0 Å². The molecule has 18 heavy (non-hydrogen) atoms. The number of carbonyl (C=O) groups excluding carboxylic acids is 1. The van der Waals surface area contributed by atoms with Gasteiger partial charge in [0.25, 0.3) is 0 Å². The molecule has 5 heteroatoms. The summed E-state index contributed by atoms with van der Waals surface area (Å²) in [6, 6.07) is 11.2. The van der Waals surface area contributed by atoms with Gasteiger partial charge in [0.15, 0.2) is 0 Å². The first-order valence-corrected chi connectivity index (χ1v) is 5.42. The van der Waals surface area contributed by atoms with Crippen molar-refractivity contribution >= 4 is 11.9 Å². The summed E-state index contributed by atoms with van der Waals surface area (Å²) >= 11 is 0. The Morgan fingerprint density at radius 2 is 2.11 bits per heavy atom.